The van der Waals surface area contributed by atoms with E-state index in [4.69, 9.17) is 0 Å². The molecule has 5 nitrogen and oxygen atoms in total. The topological polar surface area (TPSA) is 59.8 Å². The molecule has 0 aliphatic rings. The maximum atomic E-state index is 12.8. The number of carbonyl (C=O) groups is 1. The molecule has 0 saturated carbocycles. The maximum absolute atomic E-state index is 12.8. The summed E-state index contributed by atoms with van der Waals surface area (Å²) in [6.45, 7) is 4.06. The number of nitrogens with zero attached hydrogens (tertiary/aromatic N) is 3. The fourth-order valence-electron chi connectivity index (χ4n) is 2.53. The van der Waals surface area contributed by atoms with E-state index >= 15 is 0 Å². The molecule has 128 valence electrons. The van der Waals surface area contributed by atoms with Crippen molar-refractivity contribution in [1.82, 2.24) is 14.8 Å². The van der Waals surface area contributed by atoms with Crippen LogP contribution in [0.5, 0.6) is 0 Å². The Morgan fingerprint density at radius 1 is 1.20 bits per heavy atom. The SMILES string of the molecule is CC(C)c1c(C(=O)Nc2cc(Br)ccc2Br)cnn1-c1ccccn1. The van der Waals surface area contributed by atoms with E-state index in [2.05, 4.69) is 47.3 Å². The summed E-state index contributed by atoms with van der Waals surface area (Å²) in [4.78, 5) is 17.2. The monoisotopic (exact) mass is 462 g/mol. The highest BCUT2D eigenvalue weighted by Crippen LogP contribution is 2.28. The molecule has 3 rings (SSSR count). The molecule has 3 aromatic rings. The molecule has 2 aromatic heterocycles. The van der Waals surface area contributed by atoms with E-state index in [-0.39, 0.29) is 11.8 Å². The van der Waals surface area contributed by atoms with Gasteiger partial charge in [-0.15, -0.1) is 0 Å². The minimum absolute atomic E-state index is 0.108. The van der Waals surface area contributed by atoms with Crippen molar-refractivity contribution >= 4 is 43.5 Å². The molecule has 1 amide bonds. The van der Waals surface area contributed by atoms with Crippen molar-refractivity contribution in [3.05, 3.63) is 69.0 Å². The number of halogens is 2. The molecule has 7 heteroatoms. The first kappa shape index (κ1) is 17.8. The van der Waals surface area contributed by atoms with Gasteiger partial charge in [-0.1, -0.05) is 35.8 Å². The third kappa shape index (κ3) is 3.82. The molecule has 0 aliphatic heterocycles. The highest BCUT2D eigenvalue weighted by Gasteiger charge is 2.22. The molecule has 0 radical (unpaired) electrons. The van der Waals surface area contributed by atoms with E-state index in [0.29, 0.717) is 17.1 Å². The summed E-state index contributed by atoms with van der Waals surface area (Å²) in [6.07, 6.45) is 3.30. The Kier molecular flexibility index (Phi) is 5.34. The van der Waals surface area contributed by atoms with Gasteiger partial charge in [0.2, 0.25) is 0 Å². The number of hydrogen-bond donors (Lipinski definition) is 1. The van der Waals surface area contributed by atoms with Crippen LogP contribution in [0.1, 0.15) is 35.8 Å². The summed E-state index contributed by atoms with van der Waals surface area (Å²) in [5.41, 5.74) is 2.05. The smallest absolute Gasteiger partial charge is 0.259 e. The summed E-state index contributed by atoms with van der Waals surface area (Å²) in [5, 5.41) is 7.32. The first-order valence-electron chi connectivity index (χ1n) is 7.73. The lowest BCUT2D eigenvalue weighted by Gasteiger charge is -2.13. The third-order valence-corrected chi connectivity index (χ3v) is 4.83. The molecule has 0 spiro atoms. The third-order valence-electron chi connectivity index (χ3n) is 3.64. The van der Waals surface area contributed by atoms with Crippen LogP contribution in [0.2, 0.25) is 0 Å². The Labute approximate surface area is 162 Å². The normalized spacial score (nSPS) is 10.9. The Morgan fingerprint density at radius 3 is 2.68 bits per heavy atom. The number of aromatic nitrogens is 3. The Balaban J connectivity index is 1.98. The number of amides is 1. The van der Waals surface area contributed by atoms with E-state index in [0.717, 1.165) is 14.6 Å². The number of pyridine rings is 1. The van der Waals surface area contributed by atoms with Crippen LogP contribution < -0.4 is 5.32 Å². The quantitative estimate of drug-likeness (QED) is 0.580. The van der Waals surface area contributed by atoms with Crippen molar-refractivity contribution in [2.75, 3.05) is 5.32 Å². The molecule has 1 N–H and O–H groups in total. The molecule has 2 heterocycles. The van der Waals surface area contributed by atoms with Crippen molar-refractivity contribution in [3.63, 3.8) is 0 Å². The van der Waals surface area contributed by atoms with E-state index in [1.165, 1.54) is 0 Å². The number of benzene rings is 1. The highest BCUT2D eigenvalue weighted by molar-refractivity contribution is 9.11. The van der Waals surface area contributed by atoms with Crippen LogP contribution in [0.3, 0.4) is 0 Å². The zero-order chi connectivity index (χ0) is 18.0. The van der Waals surface area contributed by atoms with Gasteiger partial charge < -0.3 is 5.32 Å². The molecule has 25 heavy (non-hydrogen) atoms. The van der Waals surface area contributed by atoms with Crippen molar-refractivity contribution < 1.29 is 4.79 Å². The van der Waals surface area contributed by atoms with Crippen LogP contribution in [-0.4, -0.2) is 20.7 Å². The van der Waals surface area contributed by atoms with Crippen LogP contribution in [0.15, 0.2) is 57.7 Å². The van der Waals surface area contributed by atoms with Gasteiger partial charge in [0, 0.05) is 15.1 Å². The number of nitrogens with one attached hydrogen (secondary N) is 1. The van der Waals surface area contributed by atoms with Gasteiger partial charge in [0.05, 0.1) is 23.1 Å². The second-order valence-electron chi connectivity index (χ2n) is 5.78. The van der Waals surface area contributed by atoms with E-state index in [9.17, 15) is 4.79 Å². The van der Waals surface area contributed by atoms with Crippen molar-refractivity contribution in [1.29, 1.82) is 0 Å². The van der Waals surface area contributed by atoms with Gasteiger partial charge in [0.25, 0.3) is 5.91 Å². The lowest BCUT2D eigenvalue weighted by molar-refractivity contribution is 0.102. The van der Waals surface area contributed by atoms with Gasteiger partial charge >= 0.3 is 0 Å². The van der Waals surface area contributed by atoms with E-state index < -0.39 is 0 Å². The van der Waals surface area contributed by atoms with Gasteiger partial charge in [-0.05, 0) is 52.2 Å². The van der Waals surface area contributed by atoms with Crippen molar-refractivity contribution in [3.8, 4) is 5.82 Å². The molecule has 0 unspecified atom stereocenters. The van der Waals surface area contributed by atoms with E-state index in [1.807, 2.05) is 50.2 Å². The second-order valence-corrected chi connectivity index (χ2v) is 7.55. The summed E-state index contributed by atoms with van der Waals surface area (Å²) in [7, 11) is 0. The summed E-state index contributed by atoms with van der Waals surface area (Å²) in [5.74, 6) is 0.592. The predicted molar refractivity (Wildman–Crippen MR) is 105 cm³/mol. The predicted octanol–water partition coefficient (Wildman–Crippen LogP) is 5.17. The first-order valence-corrected chi connectivity index (χ1v) is 9.31. The lowest BCUT2D eigenvalue weighted by atomic mass is 10.1. The lowest BCUT2D eigenvalue weighted by Crippen LogP contribution is -2.16. The van der Waals surface area contributed by atoms with Crippen LogP contribution in [0.4, 0.5) is 5.69 Å². The fourth-order valence-corrected chi connectivity index (χ4v) is 3.24. The fraction of sp³-hybridized carbons (Fsp3) is 0.167. The van der Waals surface area contributed by atoms with Gasteiger partial charge in [-0.25, -0.2) is 9.67 Å². The maximum Gasteiger partial charge on any atom is 0.259 e. The molecule has 0 atom stereocenters. The molecule has 0 bridgehead atoms. The molecular formula is C18H16Br2N4O. The Morgan fingerprint density at radius 2 is 2.00 bits per heavy atom. The average Bonchev–Trinajstić information content (AvgIpc) is 3.04. The van der Waals surface area contributed by atoms with Gasteiger partial charge in [0.15, 0.2) is 5.82 Å². The summed E-state index contributed by atoms with van der Waals surface area (Å²) < 4.78 is 3.42. The number of carbonyl (C=O) groups excluding carboxylic acids is 1. The van der Waals surface area contributed by atoms with Crippen LogP contribution in [-0.2, 0) is 0 Å². The molecule has 0 saturated heterocycles. The summed E-state index contributed by atoms with van der Waals surface area (Å²) in [6, 6.07) is 11.2. The molecular weight excluding hydrogens is 448 g/mol. The Bertz CT molecular complexity index is 907. The van der Waals surface area contributed by atoms with Gasteiger partial charge in [0.1, 0.15) is 0 Å². The standard InChI is InChI=1S/C18H16Br2N4O/c1-11(2)17-13(10-22-24(17)16-5-3-4-8-21-16)18(25)23-15-9-12(19)6-7-14(15)20/h3-11H,1-2H3,(H,23,25). The number of rotatable bonds is 4. The second kappa shape index (κ2) is 7.49. The highest BCUT2D eigenvalue weighted by atomic mass is 79.9. The average molecular weight is 464 g/mol. The zero-order valence-electron chi connectivity index (χ0n) is 13.7. The van der Waals surface area contributed by atoms with Gasteiger partial charge in [-0.2, -0.15) is 5.10 Å². The molecule has 0 aliphatic carbocycles. The molecule has 1 aromatic carbocycles. The number of hydrogen-bond acceptors (Lipinski definition) is 3. The van der Waals surface area contributed by atoms with E-state index in [1.54, 1.807) is 17.1 Å². The van der Waals surface area contributed by atoms with Crippen LogP contribution >= 0.6 is 31.9 Å². The first-order chi connectivity index (χ1) is 12.0. The largest absolute Gasteiger partial charge is 0.321 e. The van der Waals surface area contributed by atoms with Crippen molar-refractivity contribution in [2.45, 2.75) is 19.8 Å². The Hall–Kier alpha value is -1.99. The van der Waals surface area contributed by atoms with Crippen LogP contribution in [0, 0.1) is 0 Å². The zero-order valence-corrected chi connectivity index (χ0v) is 16.9. The molecule has 0 fully saturated rings. The summed E-state index contributed by atoms with van der Waals surface area (Å²) >= 11 is 6.87. The minimum Gasteiger partial charge on any atom is -0.321 e. The van der Waals surface area contributed by atoms with Crippen LogP contribution in [0.25, 0.3) is 5.82 Å². The number of anilines is 1. The minimum atomic E-state index is -0.204. The van der Waals surface area contributed by atoms with Crippen molar-refractivity contribution in [2.24, 2.45) is 0 Å². The van der Waals surface area contributed by atoms with Gasteiger partial charge in [-0.3, -0.25) is 4.79 Å².